The van der Waals surface area contributed by atoms with Gasteiger partial charge in [-0.2, -0.15) is 0 Å². The van der Waals surface area contributed by atoms with Gasteiger partial charge in [0.1, 0.15) is 0 Å². The van der Waals surface area contributed by atoms with Crippen molar-refractivity contribution in [3.05, 3.63) is 29.8 Å². The van der Waals surface area contributed by atoms with E-state index >= 15 is 0 Å². The zero-order chi connectivity index (χ0) is 12.5. The van der Waals surface area contributed by atoms with Crippen LogP contribution in [0.4, 0.5) is 5.69 Å². The fourth-order valence-corrected chi connectivity index (χ4v) is 2.59. The molecule has 1 aliphatic rings. The number of rotatable bonds is 2. The third kappa shape index (κ3) is 2.81. The maximum absolute atomic E-state index is 3.63. The van der Waals surface area contributed by atoms with Crippen LogP contribution in [0.15, 0.2) is 24.3 Å². The first-order valence-corrected chi connectivity index (χ1v) is 6.60. The largest absolute Gasteiger partial charge is 0.365 e. The van der Waals surface area contributed by atoms with E-state index in [-0.39, 0.29) is 5.54 Å². The van der Waals surface area contributed by atoms with Gasteiger partial charge in [0, 0.05) is 30.4 Å². The first kappa shape index (κ1) is 12.4. The Kier molecular flexibility index (Phi) is 3.43. The molecule has 0 amide bonds. The maximum Gasteiger partial charge on any atom is 0.0412 e. The first-order valence-electron chi connectivity index (χ1n) is 6.60. The fourth-order valence-electron chi connectivity index (χ4n) is 2.59. The average molecular weight is 232 g/mol. The molecule has 1 N–H and O–H groups in total. The minimum absolute atomic E-state index is 0.204. The average Bonchev–Trinajstić information content (AvgIpc) is 2.28. The van der Waals surface area contributed by atoms with Crippen molar-refractivity contribution >= 4 is 5.69 Å². The van der Waals surface area contributed by atoms with E-state index in [1.807, 2.05) is 0 Å². The van der Waals surface area contributed by atoms with Crippen LogP contribution in [-0.4, -0.2) is 24.7 Å². The number of piperazine rings is 1. The summed E-state index contributed by atoms with van der Waals surface area (Å²) in [5, 5.41) is 3.63. The van der Waals surface area contributed by atoms with Crippen molar-refractivity contribution in [2.45, 2.75) is 45.7 Å². The highest BCUT2D eigenvalue weighted by atomic mass is 15.2. The van der Waals surface area contributed by atoms with E-state index in [1.165, 1.54) is 17.7 Å². The summed E-state index contributed by atoms with van der Waals surface area (Å²) >= 11 is 0. The molecule has 17 heavy (non-hydrogen) atoms. The van der Waals surface area contributed by atoms with E-state index in [9.17, 15) is 0 Å². The third-order valence-corrected chi connectivity index (χ3v) is 3.63. The second kappa shape index (κ2) is 4.69. The van der Waals surface area contributed by atoms with Crippen LogP contribution < -0.4 is 10.2 Å². The van der Waals surface area contributed by atoms with Crippen LogP contribution in [0.3, 0.4) is 0 Å². The maximum atomic E-state index is 3.63. The molecule has 94 valence electrons. The topological polar surface area (TPSA) is 15.3 Å². The molecule has 0 spiro atoms. The zero-order valence-corrected chi connectivity index (χ0v) is 11.5. The highest BCUT2D eigenvalue weighted by Gasteiger charge is 2.31. The lowest BCUT2D eigenvalue weighted by Gasteiger charge is -2.46. The zero-order valence-electron chi connectivity index (χ0n) is 11.5. The van der Waals surface area contributed by atoms with Gasteiger partial charge in [-0.1, -0.05) is 19.1 Å². The molecule has 0 radical (unpaired) electrons. The molecule has 2 rings (SSSR count). The van der Waals surface area contributed by atoms with Gasteiger partial charge in [-0.25, -0.2) is 0 Å². The second-order valence-corrected chi connectivity index (χ2v) is 5.79. The van der Waals surface area contributed by atoms with Crippen molar-refractivity contribution in [2.75, 3.05) is 18.0 Å². The van der Waals surface area contributed by atoms with Crippen molar-refractivity contribution in [1.29, 1.82) is 0 Å². The van der Waals surface area contributed by atoms with E-state index in [4.69, 9.17) is 0 Å². The lowest BCUT2D eigenvalue weighted by Crippen LogP contribution is -2.61. The quantitative estimate of drug-likeness (QED) is 0.843. The van der Waals surface area contributed by atoms with Crippen molar-refractivity contribution in [3.8, 4) is 0 Å². The molecule has 2 heteroatoms. The monoisotopic (exact) mass is 232 g/mol. The molecular weight excluding hydrogens is 208 g/mol. The molecule has 2 nitrogen and oxygen atoms in total. The lowest BCUT2D eigenvalue weighted by molar-refractivity contribution is 0.306. The molecule has 0 saturated carbocycles. The number of benzene rings is 1. The third-order valence-electron chi connectivity index (χ3n) is 3.63. The van der Waals surface area contributed by atoms with Gasteiger partial charge >= 0.3 is 0 Å². The van der Waals surface area contributed by atoms with Crippen molar-refractivity contribution in [2.24, 2.45) is 0 Å². The van der Waals surface area contributed by atoms with Crippen molar-refractivity contribution in [1.82, 2.24) is 5.32 Å². The summed E-state index contributed by atoms with van der Waals surface area (Å²) in [5.74, 6) is 0. The minimum atomic E-state index is 0.204. The summed E-state index contributed by atoms with van der Waals surface area (Å²) in [4.78, 5) is 2.56. The predicted molar refractivity (Wildman–Crippen MR) is 74.7 cm³/mol. The van der Waals surface area contributed by atoms with Crippen LogP contribution in [0.5, 0.6) is 0 Å². The molecule has 0 aliphatic carbocycles. The van der Waals surface area contributed by atoms with E-state index in [2.05, 4.69) is 62.2 Å². The molecule has 1 fully saturated rings. The number of nitrogens with zero attached hydrogens (tertiary/aromatic N) is 1. The van der Waals surface area contributed by atoms with Gasteiger partial charge in [0.05, 0.1) is 0 Å². The van der Waals surface area contributed by atoms with Gasteiger partial charge in [-0.15, -0.1) is 0 Å². The van der Waals surface area contributed by atoms with Crippen molar-refractivity contribution < 1.29 is 0 Å². The molecule has 1 saturated heterocycles. The summed E-state index contributed by atoms with van der Waals surface area (Å²) in [6.45, 7) is 11.2. The molecule has 1 aliphatic heterocycles. The Bertz CT molecular complexity index is 384. The van der Waals surface area contributed by atoms with E-state index in [1.54, 1.807) is 0 Å². The summed E-state index contributed by atoms with van der Waals surface area (Å²) in [6, 6.07) is 9.47. The van der Waals surface area contributed by atoms with Gasteiger partial charge < -0.3 is 10.2 Å². The molecule has 1 atom stereocenters. The Balaban J connectivity index is 2.26. The Morgan fingerprint density at radius 2 is 2.18 bits per heavy atom. The molecule has 0 bridgehead atoms. The second-order valence-electron chi connectivity index (χ2n) is 5.79. The van der Waals surface area contributed by atoms with Gasteiger partial charge in [0.15, 0.2) is 0 Å². The first-order chi connectivity index (χ1) is 8.02. The van der Waals surface area contributed by atoms with Crippen LogP contribution >= 0.6 is 0 Å². The Labute approximate surface area is 105 Å². The fraction of sp³-hybridized carbons (Fsp3) is 0.600. The molecule has 1 aromatic rings. The van der Waals surface area contributed by atoms with Crippen molar-refractivity contribution in [3.63, 3.8) is 0 Å². The summed E-state index contributed by atoms with van der Waals surface area (Å²) in [6.07, 6.45) is 1.19. The normalized spacial score (nSPS) is 23.8. The molecular formula is C15H24N2. The highest BCUT2D eigenvalue weighted by molar-refractivity contribution is 5.50. The number of aryl methyl sites for hydroxylation is 1. The van der Waals surface area contributed by atoms with Gasteiger partial charge in [0.25, 0.3) is 0 Å². The van der Waals surface area contributed by atoms with E-state index < -0.39 is 0 Å². The summed E-state index contributed by atoms with van der Waals surface area (Å²) in [5.41, 5.74) is 2.91. The summed E-state index contributed by atoms with van der Waals surface area (Å²) < 4.78 is 0. The lowest BCUT2D eigenvalue weighted by atomic mass is 9.96. The van der Waals surface area contributed by atoms with E-state index in [0.717, 1.165) is 13.1 Å². The number of nitrogens with one attached hydrogen (secondary N) is 1. The standard InChI is InChI=1S/C15H24N2/c1-5-13-10-16-15(3,4)11-17(13)14-8-6-7-12(2)9-14/h6-9,13,16H,5,10-11H2,1-4H3. The van der Waals surface area contributed by atoms with Gasteiger partial charge in [-0.3, -0.25) is 0 Å². The number of hydrogen-bond acceptors (Lipinski definition) is 2. The van der Waals surface area contributed by atoms with Crippen LogP contribution in [-0.2, 0) is 0 Å². The summed E-state index contributed by atoms with van der Waals surface area (Å²) in [7, 11) is 0. The van der Waals surface area contributed by atoms with Gasteiger partial charge in [0.2, 0.25) is 0 Å². The SMILES string of the molecule is CCC1CNC(C)(C)CN1c1cccc(C)c1. The number of anilines is 1. The molecule has 1 unspecified atom stereocenters. The molecule has 0 aromatic heterocycles. The van der Waals surface area contributed by atoms with Crippen LogP contribution in [0.25, 0.3) is 0 Å². The van der Waals surface area contributed by atoms with Crippen LogP contribution in [0.1, 0.15) is 32.8 Å². The predicted octanol–water partition coefficient (Wildman–Crippen LogP) is 2.96. The minimum Gasteiger partial charge on any atom is -0.365 e. The van der Waals surface area contributed by atoms with Gasteiger partial charge in [-0.05, 0) is 44.9 Å². The molecule has 1 heterocycles. The Morgan fingerprint density at radius 1 is 1.41 bits per heavy atom. The smallest absolute Gasteiger partial charge is 0.0412 e. The van der Waals surface area contributed by atoms with E-state index in [0.29, 0.717) is 6.04 Å². The molecule has 1 aromatic carbocycles. The highest BCUT2D eigenvalue weighted by Crippen LogP contribution is 2.25. The van der Waals surface area contributed by atoms with Crippen LogP contribution in [0, 0.1) is 6.92 Å². The number of hydrogen-bond donors (Lipinski definition) is 1. The Morgan fingerprint density at radius 3 is 2.82 bits per heavy atom. The van der Waals surface area contributed by atoms with Crippen LogP contribution in [0.2, 0.25) is 0 Å². The Hall–Kier alpha value is -1.02.